The SMILES string of the molecule is CCC(CC)N(CC#N)CCOC. The molecule has 0 spiro atoms. The molecule has 0 aliphatic rings. The van der Waals surface area contributed by atoms with Crippen molar-refractivity contribution in [3.05, 3.63) is 0 Å². The molecule has 0 aromatic rings. The van der Waals surface area contributed by atoms with Gasteiger partial charge in [0.15, 0.2) is 0 Å². The fourth-order valence-electron chi connectivity index (χ4n) is 1.50. The quantitative estimate of drug-likeness (QED) is 0.564. The largest absolute Gasteiger partial charge is 0.383 e. The third-order valence-corrected chi connectivity index (χ3v) is 2.32. The second kappa shape index (κ2) is 8.03. The summed E-state index contributed by atoms with van der Waals surface area (Å²) in [7, 11) is 1.69. The minimum absolute atomic E-state index is 0.510. The highest BCUT2D eigenvalue weighted by atomic mass is 16.5. The van der Waals surface area contributed by atoms with Crippen LogP contribution in [0, 0.1) is 11.3 Å². The molecule has 0 rings (SSSR count). The minimum atomic E-state index is 0.510. The van der Waals surface area contributed by atoms with Gasteiger partial charge in [-0.2, -0.15) is 5.26 Å². The normalized spacial score (nSPS) is 10.8. The maximum Gasteiger partial charge on any atom is 0.0869 e. The molecule has 3 nitrogen and oxygen atoms in total. The van der Waals surface area contributed by atoms with Crippen molar-refractivity contribution in [1.82, 2.24) is 4.90 Å². The Bertz CT molecular complexity index is 149. The first-order valence-electron chi connectivity index (χ1n) is 4.90. The number of methoxy groups -OCH3 is 1. The van der Waals surface area contributed by atoms with Gasteiger partial charge in [-0.1, -0.05) is 13.8 Å². The van der Waals surface area contributed by atoms with Crippen molar-refractivity contribution in [3.63, 3.8) is 0 Å². The highest BCUT2D eigenvalue weighted by Crippen LogP contribution is 2.07. The highest BCUT2D eigenvalue weighted by Gasteiger charge is 2.13. The Balaban J connectivity index is 3.97. The summed E-state index contributed by atoms with van der Waals surface area (Å²) in [5, 5.41) is 8.64. The first-order chi connectivity index (χ1) is 6.29. The Morgan fingerprint density at radius 3 is 2.38 bits per heavy atom. The first-order valence-corrected chi connectivity index (χ1v) is 4.90. The summed E-state index contributed by atoms with van der Waals surface area (Å²) in [4.78, 5) is 2.18. The van der Waals surface area contributed by atoms with Gasteiger partial charge in [0.25, 0.3) is 0 Å². The Hall–Kier alpha value is -0.590. The van der Waals surface area contributed by atoms with Gasteiger partial charge in [-0.25, -0.2) is 0 Å². The van der Waals surface area contributed by atoms with E-state index in [-0.39, 0.29) is 0 Å². The molecule has 0 bridgehead atoms. The van der Waals surface area contributed by atoms with Crippen molar-refractivity contribution in [1.29, 1.82) is 5.26 Å². The van der Waals surface area contributed by atoms with Gasteiger partial charge in [-0.3, -0.25) is 4.90 Å². The van der Waals surface area contributed by atoms with E-state index in [1.807, 2.05) is 0 Å². The summed E-state index contributed by atoms with van der Waals surface area (Å²) in [5.74, 6) is 0. The molecule has 0 amide bonds. The van der Waals surface area contributed by atoms with Gasteiger partial charge in [0.2, 0.25) is 0 Å². The monoisotopic (exact) mass is 184 g/mol. The summed E-state index contributed by atoms with van der Waals surface area (Å²) < 4.78 is 5.01. The molecule has 0 unspecified atom stereocenters. The Kier molecular flexibility index (Phi) is 7.66. The molecular weight excluding hydrogens is 164 g/mol. The fourth-order valence-corrected chi connectivity index (χ4v) is 1.50. The first kappa shape index (κ1) is 12.4. The van der Waals surface area contributed by atoms with E-state index in [4.69, 9.17) is 10.00 Å². The molecule has 0 aromatic heterocycles. The van der Waals surface area contributed by atoms with Crippen LogP contribution in [0.3, 0.4) is 0 Å². The molecule has 0 aliphatic heterocycles. The average molecular weight is 184 g/mol. The van der Waals surface area contributed by atoms with E-state index in [2.05, 4.69) is 24.8 Å². The molecule has 0 saturated carbocycles. The van der Waals surface area contributed by atoms with Crippen LogP contribution >= 0.6 is 0 Å². The number of rotatable bonds is 7. The lowest BCUT2D eigenvalue weighted by Gasteiger charge is -2.27. The molecule has 0 fully saturated rings. The highest BCUT2D eigenvalue weighted by molar-refractivity contribution is 4.80. The van der Waals surface area contributed by atoms with Gasteiger partial charge in [-0.05, 0) is 12.8 Å². The van der Waals surface area contributed by atoms with Crippen LogP contribution in [0.4, 0.5) is 0 Å². The third-order valence-electron chi connectivity index (χ3n) is 2.32. The standard InChI is InChI=1S/C10H20N2O/c1-4-10(5-2)12(7-6-11)8-9-13-3/h10H,4-5,7-9H2,1-3H3. The maximum absolute atomic E-state index is 8.64. The van der Waals surface area contributed by atoms with Crippen LogP contribution in [-0.2, 0) is 4.74 Å². The number of hydrogen-bond donors (Lipinski definition) is 0. The zero-order valence-electron chi connectivity index (χ0n) is 8.92. The third kappa shape index (κ3) is 4.87. The van der Waals surface area contributed by atoms with Gasteiger partial charge >= 0.3 is 0 Å². The van der Waals surface area contributed by atoms with Gasteiger partial charge < -0.3 is 4.74 Å². The molecule has 0 N–H and O–H groups in total. The van der Waals surface area contributed by atoms with E-state index in [9.17, 15) is 0 Å². The van der Waals surface area contributed by atoms with Crippen molar-refractivity contribution in [2.24, 2.45) is 0 Å². The Morgan fingerprint density at radius 1 is 1.38 bits per heavy atom. The number of hydrogen-bond acceptors (Lipinski definition) is 3. The lowest BCUT2D eigenvalue weighted by atomic mass is 10.1. The van der Waals surface area contributed by atoms with Gasteiger partial charge in [-0.15, -0.1) is 0 Å². The van der Waals surface area contributed by atoms with E-state index >= 15 is 0 Å². The van der Waals surface area contributed by atoms with Gasteiger partial charge in [0.1, 0.15) is 0 Å². The molecule has 13 heavy (non-hydrogen) atoms. The molecule has 0 heterocycles. The van der Waals surface area contributed by atoms with E-state index in [0.717, 1.165) is 19.4 Å². The molecule has 0 aliphatic carbocycles. The van der Waals surface area contributed by atoms with E-state index < -0.39 is 0 Å². The van der Waals surface area contributed by atoms with Crippen LogP contribution in [0.25, 0.3) is 0 Å². The molecular formula is C10H20N2O. The molecule has 0 saturated heterocycles. The fraction of sp³-hybridized carbons (Fsp3) is 0.900. The van der Waals surface area contributed by atoms with Crippen LogP contribution in [0.5, 0.6) is 0 Å². The zero-order chi connectivity index (χ0) is 10.1. The van der Waals surface area contributed by atoms with Crippen LogP contribution in [0.2, 0.25) is 0 Å². The smallest absolute Gasteiger partial charge is 0.0869 e. The number of ether oxygens (including phenoxy) is 1. The van der Waals surface area contributed by atoms with Crippen molar-refractivity contribution in [2.75, 3.05) is 26.8 Å². The minimum Gasteiger partial charge on any atom is -0.383 e. The molecule has 0 radical (unpaired) electrons. The van der Waals surface area contributed by atoms with Crippen molar-refractivity contribution >= 4 is 0 Å². The predicted octanol–water partition coefficient (Wildman–Crippen LogP) is 1.65. The Morgan fingerprint density at radius 2 is 2.00 bits per heavy atom. The molecule has 3 heteroatoms. The zero-order valence-corrected chi connectivity index (χ0v) is 8.92. The summed E-state index contributed by atoms with van der Waals surface area (Å²) in [5.41, 5.74) is 0. The van der Waals surface area contributed by atoms with Crippen molar-refractivity contribution < 1.29 is 4.74 Å². The summed E-state index contributed by atoms with van der Waals surface area (Å²) >= 11 is 0. The summed E-state index contributed by atoms with van der Waals surface area (Å²) in [6.07, 6.45) is 2.20. The van der Waals surface area contributed by atoms with Crippen LogP contribution in [0.15, 0.2) is 0 Å². The Labute approximate surface area is 81.3 Å². The van der Waals surface area contributed by atoms with Gasteiger partial charge in [0.05, 0.1) is 19.2 Å². The van der Waals surface area contributed by atoms with E-state index in [0.29, 0.717) is 19.2 Å². The summed E-state index contributed by atoms with van der Waals surface area (Å²) in [6.45, 7) is 6.39. The lowest BCUT2D eigenvalue weighted by molar-refractivity contribution is 0.126. The number of nitrogens with zero attached hydrogens (tertiary/aromatic N) is 2. The van der Waals surface area contributed by atoms with Gasteiger partial charge in [0, 0.05) is 19.7 Å². The van der Waals surface area contributed by atoms with Crippen molar-refractivity contribution in [3.8, 4) is 6.07 Å². The predicted molar refractivity (Wildman–Crippen MR) is 53.4 cm³/mol. The molecule has 0 atom stereocenters. The summed E-state index contributed by atoms with van der Waals surface area (Å²) in [6, 6.07) is 2.72. The van der Waals surface area contributed by atoms with Crippen LogP contribution in [-0.4, -0.2) is 37.7 Å². The molecule has 0 aromatic carbocycles. The maximum atomic E-state index is 8.64. The molecule has 76 valence electrons. The lowest BCUT2D eigenvalue weighted by Crippen LogP contribution is -2.37. The van der Waals surface area contributed by atoms with Crippen LogP contribution in [0.1, 0.15) is 26.7 Å². The van der Waals surface area contributed by atoms with Crippen LogP contribution < -0.4 is 0 Å². The van der Waals surface area contributed by atoms with Crippen molar-refractivity contribution in [2.45, 2.75) is 32.7 Å². The average Bonchev–Trinajstić information content (AvgIpc) is 2.16. The van der Waals surface area contributed by atoms with E-state index in [1.165, 1.54) is 0 Å². The second-order valence-corrected chi connectivity index (χ2v) is 3.09. The topological polar surface area (TPSA) is 36.3 Å². The number of nitriles is 1. The van der Waals surface area contributed by atoms with E-state index in [1.54, 1.807) is 7.11 Å². The second-order valence-electron chi connectivity index (χ2n) is 3.09.